The van der Waals surface area contributed by atoms with E-state index in [9.17, 15) is 0 Å². The van der Waals surface area contributed by atoms with Crippen LogP contribution >= 0.6 is 0 Å². The lowest BCUT2D eigenvalue weighted by Gasteiger charge is -2.31. The van der Waals surface area contributed by atoms with Gasteiger partial charge in [0.05, 0.1) is 0 Å². The lowest BCUT2D eigenvalue weighted by molar-refractivity contribution is -0.209. The van der Waals surface area contributed by atoms with E-state index in [1.54, 1.807) is 0 Å². The molecule has 0 aliphatic carbocycles. The van der Waals surface area contributed by atoms with E-state index in [0.29, 0.717) is 0 Å². The summed E-state index contributed by atoms with van der Waals surface area (Å²) >= 11 is 0. The summed E-state index contributed by atoms with van der Waals surface area (Å²) in [6.07, 6.45) is 1.34. The molecular weight excluding hydrogens is 224 g/mol. The Labute approximate surface area is 96.7 Å². The van der Waals surface area contributed by atoms with Crippen LogP contribution in [0, 0.1) is 22.7 Å². The Hall–Kier alpha value is -2.42. The first-order valence-electron chi connectivity index (χ1n) is 4.56. The minimum Gasteiger partial charge on any atom is -0.331 e. The highest BCUT2D eigenvalue weighted by atomic mass is 16.7. The fourth-order valence-electron chi connectivity index (χ4n) is 1.58. The normalized spacial score (nSPS) is 15.5. The maximum Gasteiger partial charge on any atom is 0.299 e. The Balaban J connectivity index is 2.73. The van der Waals surface area contributed by atoms with Crippen molar-refractivity contribution in [2.75, 3.05) is 19.6 Å². The van der Waals surface area contributed by atoms with Crippen LogP contribution in [0.2, 0.25) is 0 Å². The molecule has 0 radical (unpaired) electrons. The number of fused-ring (bicyclic) bond motifs is 1. The zero-order chi connectivity index (χ0) is 12.5. The van der Waals surface area contributed by atoms with Gasteiger partial charge in [0.1, 0.15) is 18.4 Å². The van der Waals surface area contributed by atoms with Gasteiger partial charge in [0.2, 0.25) is 5.95 Å². The van der Waals surface area contributed by atoms with Gasteiger partial charge in [0, 0.05) is 14.2 Å². The predicted molar refractivity (Wildman–Crippen MR) is 55.8 cm³/mol. The maximum atomic E-state index is 9.07. The molecule has 1 aliphatic heterocycles. The Bertz CT molecular complexity index is 557. The third-order valence-corrected chi connectivity index (χ3v) is 2.38. The predicted octanol–water partition coefficient (Wildman–Crippen LogP) is -0.0591. The highest BCUT2D eigenvalue weighted by molar-refractivity contribution is 5.70. The number of ether oxygens (including phenoxy) is 2. The number of imidazole rings is 1. The van der Waals surface area contributed by atoms with Gasteiger partial charge in [-0.25, -0.2) is 9.99 Å². The molecule has 0 saturated heterocycles. The molecule has 0 atom stereocenters. The van der Waals surface area contributed by atoms with Gasteiger partial charge in [-0.15, -0.1) is 0 Å². The molecule has 1 aromatic heterocycles. The molecule has 17 heavy (non-hydrogen) atoms. The maximum absolute atomic E-state index is 9.07. The van der Waals surface area contributed by atoms with Crippen LogP contribution < -0.4 is 5.43 Å². The van der Waals surface area contributed by atoms with Crippen LogP contribution in [0.4, 0.5) is 5.95 Å². The lowest BCUT2D eigenvalue weighted by Crippen LogP contribution is -2.43. The van der Waals surface area contributed by atoms with Gasteiger partial charge < -0.3 is 9.47 Å². The molecule has 8 heteroatoms. The van der Waals surface area contributed by atoms with Crippen molar-refractivity contribution < 1.29 is 9.47 Å². The quantitative estimate of drug-likeness (QED) is 0.715. The third-order valence-electron chi connectivity index (χ3n) is 2.38. The first-order valence-corrected chi connectivity index (χ1v) is 4.56. The summed E-state index contributed by atoms with van der Waals surface area (Å²) in [6, 6.07) is 3.72. The third kappa shape index (κ3) is 1.36. The van der Waals surface area contributed by atoms with E-state index in [2.05, 4.69) is 15.5 Å². The van der Waals surface area contributed by atoms with E-state index in [0.717, 1.165) is 0 Å². The number of hydrogen-bond acceptors (Lipinski definition) is 7. The van der Waals surface area contributed by atoms with Crippen molar-refractivity contribution >= 4 is 12.2 Å². The largest absolute Gasteiger partial charge is 0.331 e. The van der Waals surface area contributed by atoms with E-state index < -0.39 is 5.91 Å². The van der Waals surface area contributed by atoms with Crippen molar-refractivity contribution in [1.82, 2.24) is 9.55 Å². The minimum atomic E-state index is -1.37. The number of aromatic nitrogens is 2. The van der Waals surface area contributed by atoms with Crippen molar-refractivity contribution in [2.45, 2.75) is 5.91 Å². The number of nitrogens with one attached hydrogen (secondary N) is 1. The average molecular weight is 232 g/mol. The summed E-state index contributed by atoms with van der Waals surface area (Å²) < 4.78 is 11.7. The zero-order valence-corrected chi connectivity index (χ0v) is 9.13. The molecule has 8 nitrogen and oxygen atoms in total. The minimum absolute atomic E-state index is 0.0148. The fraction of sp³-hybridized carbons (Fsp3) is 0.333. The Morgan fingerprint density at radius 2 is 2.06 bits per heavy atom. The van der Waals surface area contributed by atoms with Gasteiger partial charge in [-0.2, -0.15) is 20.6 Å². The number of nitrogens with zero attached hydrogens (tertiary/aromatic N) is 5. The van der Waals surface area contributed by atoms with Crippen LogP contribution in [0.1, 0.15) is 11.4 Å². The second-order valence-electron chi connectivity index (χ2n) is 3.10. The standard InChI is InChI=1S/C9H8N6O2/c1-16-9(17-2)5-12-14-8-13-6(3-10)7(4-11)15(8)9/h5H,1-2H3,(H,13,14). The number of methoxy groups -OCH3 is 2. The molecule has 0 fully saturated rings. The lowest BCUT2D eigenvalue weighted by atomic mass is 10.3. The van der Waals surface area contributed by atoms with E-state index in [1.807, 2.05) is 12.1 Å². The molecule has 0 aromatic carbocycles. The first-order chi connectivity index (χ1) is 8.22. The van der Waals surface area contributed by atoms with Crippen LogP contribution in [-0.2, 0) is 15.4 Å². The van der Waals surface area contributed by atoms with E-state index in [1.165, 1.54) is 25.0 Å². The van der Waals surface area contributed by atoms with Crippen molar-refractivity contribution in [1.29, 1.82) is 10.5 Å². The molecule has 1 N–H and O–H groups in total. The van der Waals surface area contributed by atoms with Crippen molar-refractivity contribution in [3.8, 4) is 12.1 Å². The summed E-state index contributed by atoms with van der Waals surface area (Å²) in [4.78, 5) is 3.93. The molecule has 0 bridgehead atoms. The molecule has 0 spiro atoms. The molecule has 1 aromatic rings. The van der Waals surface area contributed by atoms with Crippen molar-refractivity contribution in [3.63, 3.8) is 0 Å². The van der Waals surface area contributed by atoms with Crippen LogP contribution in [-0.4, -0.2) is 30.0 Å². The first kappa shape index (κ1) is 11.1. The van der Waals surface area contributed by atoms with Crippen LogP contribution in [0.3, 0.4) is 0 Å². The molecule has 0 saturated carbocycles. The number of hydrazone groups is 1. The highest BCUT2D eigenvalue weighted by Gasteiger charge is 2.39. The smallest absolute Gasteiger partial charge is 0.299 e. The van der Waals surface area contributed by atoms with Gasteiger partial charge in [-0.05, 0) is 0 Å². The molecule has 0 amide bonds. The molecule has 86 valence electrons. The average Bonchev–Trinajstić information content (AvgIpc) is 2.76. The van der Waals surface area contributed by atoms with Crippen LogP contribution in [0.25, 0.3) is 0 Å². The summed E-state index contributed by atoms with van der Waals surface area (Å²) in [5, 5.41) is 21.8. The van der Waals surface area contributed by atoms with E-state index in [4.69, 9.17) is 20.0 Å². The summed E-state index contributed by atoms with van der Waals surface area (Å²) in [5.41, 5.74) is 2.61. The number of rotatable bonds is 2. The highest BCUT2D eigenvalue weighted by Crippen LogP contribution is 2.29. The number of hydrogen-bond donors (Lipinski definition) is 1. The summed E-state index contributed by atoms with van der Waals surface area (Å²) in [6.45, 7) is 0. The van der Waals surface area contributed by atoms with E-state index in [-0.39, 0.29) is 17.3 Å². The van der Waals surface area contributed by atoms with Gasteiger partial charge in [0.15, 0.2) is 11.4 Å². The topological polar surface area (TPSA) is 108 Å². The van der Waals surface area contributed by atoms with E-state index >= 15 is 0 Å². The summed E-state index contributed by atoms with van der Waals surface area (Å²) in [7, 11) is 2.80. The Morgan fingerprint density at radius 1 is 1.35 bits per heavy atom. The second kappa shape index (κ2) is 3.87. The van der Waals surface area contributed by atoms with Crippen LogP contribution in [0.5, 0.6) is 0 Å². The SMILES string of the molecule is COC1(OC)C=NNc2nc(C#N)c(C#N)n21. The molecular formula is C9H8N6O2. The molecule has 1 aliphatic rings. The second-order valence-corrected chi connectivity index (χ2v) is 3.10. The molecule has 2 rings (SSSR count). The number of nitriles is 2. The molecule has 0 unspecified atom stereocenters. The van der Waals surface area contributed by atoms with Gasteiger partial charge in [-0.3, -0.25) is 0 Å². The van der Waals surface area contributed by atoms with Crippen molar-refractivity contribution in [2.24, 2.45) is 5.10 Å². The molecule has 2 heterocycles. The van der Waals surface area contributed by atoms with Crippen LogP contribution in [0.15, 0.2) is 5.10 Å². The summed E-state index contributed by atoms with van der Waals surface area (Å²) in [5.74, 6) is -1.15. The Kier molecular flexibility index (Phi) is 2.52. The van der Waals surface area contributed by atoms with Gasteiger partial charge >= 0.3 is 0 Å². The fourth-order valence-corrected chi connectivity index (χ4v) is 1.58. The number of anilines is 1. The van der Waals surface area contributed by atoms with Crippen molar-refractivity contribution in [3.05, 3.63) is 11.4 Å². The Morgan fingerprint density at radius 3 is 2.59 bits per heavy atom. The zero-order valence-electron chi connectivity index (χ0n) is 9.13. The van der Waals surface area contributed by atoms with Gasteiger partial charge in [-0.1, -0.05) is 0 Å². The monoisotopic (exact) mass is 232 g/mol. The van der Waals surface area contributed by atoms with Gasteiger partial charge in [0.25, 0.3) is 5.91 Å².